The average Bonchev–Trinajstić information content (AvgIpc) is 2.07. The summed E-state index contributed by atoms with van der Waals surface area (Å²) in [5, 5.41) is 8.47. The van der Waals surface area contributed by atoms with Crippen molar-refractivity contribution < 1.29 is 42.7 Å². The zero-order chi connectivity index (χ0) is 10.0. The third-order valence-electron chi connectivity index (χ3n) is 1.32. The van der Waals surface area contributed by atoms with Gasteiger partial charge in [0.1, 0.15) is 11.9 Å². The fourth-order valence-electron chi connectivity index (χ4n) is 0.742. The first-order valence-electron chi connectivity index (χ1n) is 3.04. The van der Waals surface area contributed by atoms with Crippen LogP contribution in [0.15, 0.2) is 21.5 Å². The molecule has 3 nitrogen and oxygen atoms in total. The van der Waals surface area contributed by atoms with E-state index in [1.54, 1.807) is 6.07 Å². The van der Waals surface area contributed by atoms with Crippen LogP contribution in [0.25, 0.3) is 0 Å². The molecule has 0 N–H and O–H groups in total. The number of hydrogen-bond donors (Lipinski definition) is 0. The monoisotopic (exact) mass is 285 g/mol. The SMILES string of the molecule is N#Cc1cc(F)c(S(=O)[O-])cc1Br.[Na+]. The van der Waals surface area contributed by atoms with Gasteiger partial charge in [-0.05, 0) is 39.1 Å². The molecule has 7 heteroatoms. The Kier molecular flexibility index (Phi) is 6.05. The zero-order valence-electron chi connectivity index (χ0n) is 7.08. The molecule has 68 valence electrons. The maximum absolute atomic E-state index is 12.9. The van der Waals surface area contributed by atoms with E-state index in [-0.39, 0.29) is 39.6 Å². The summed E-state index contributed by atoms with van der Waals surface area (Å²) >= 11 is 0.322. The molecule has 0 amide bonds. The molecule has 0 heterocycles. The van der Waals surface area contributed by atoms with Crippen molar-refractivity contribution in [1.29, 1.82) is 5.26 Å². The van der Waals surface area contributed by atoms with Gasteiger partial charge in [0.25, 0.3) is 0 Å². The molecule has 1 aromatic carbocycles. The van der Waals surface area contributed by atoms with Crippen molar-refractivity contribution in [1.82, 2.24) is 0 Å². The van der Waals surface area contributed by atoms with E-state index in [0.29, 0.717) is 0 Å². The van der Waals surface area contributed by atoms with Crippen LogP contribution < -0.4 is 29.6 Å². The summed E-state index contributed by atoms with van der Waals surface area (Å²) in [5.74, 6) is -0.923. The molecular formula is C7H2BrFNNaO2S. The Morgan fingerprint density at radius 3 is 2.57 bits per heavy atom. The van der Waals surface area contributed by atoms with Gasteiger partial charge >= 0.3 is 29.6 Å². The molecule has 0 aliphatic heterocycles. The molecule has 0 aliphatic rings. The second-order valence-electron chi connectivity index (χ2n) is 2.11. The molecule has 1 rings (SSSR count). The molecule has 0 fully saturated rings. The van der Waals surface area contributed by atoms with E-state index in [2.05, 4.69) is 15.9 Å². The second kappa shape index (κ2) is 5.95. The minimum Gasteiger partial charge on any atom is -0.768 e. The molecule has 0 spiro atoms. The van der Waals surface area contributed by atoms with Gasteiger partial charge in [0.05, 0.1) is 10.5 Å². The Bertz CT molecular complexity index is 421. The molecule has 0 saturated heterocycles. The number of nitriles is 1. The number of rotatable bonds is 1. The summed E-state index contributed by atoms with van der Waals surface area (Å²) in [7, 11) is 0. The molecule has 1 atom stereocenters. The van der Waals surface area contributed by atoms with Crippen molar-refractivity contribution in [3.05, 3.63) is 28.0 Å². The Morgan fingerprint density at radius 2 is 2.14 bits per heavy atom. The quantitative estimate of drug-likeness (QED) is 0.476. The molecule has 0 aliphatic carbocycles. The summed E-state index contributed by atoms with van der Waals surface area (Å²) in [5.41, 5.74) is 0.0618. The van der Waals surface area contributed by atoms with Crippen molar-refractivity contribution in [2.75, 3.05) is 0 Å². The first-order chi connectivity index (χ1) is 6.06. The van der Waals surface area contributed by atoms with Crippen LogP contribution in [0.3, 0.4) is 0 Å². The standard InChI is InChI=1S/C7H3BrFNO2S.Na/c8-5-2-7(13(11)12)6(9)1-4(5)3-10;/h1-2H,(H,11,12);/q;+1/p-1. The number of nitrogens with zero attached hydrogens (tertiary/aromatic N) is 1. The maximum atomic E-state index is 12.9. The largest absolute Gasteiger partial charge is 1.00 e. The summed E-state index contributed by atoms with van der Waals surface area (Å²) in [6.07, 6.45) is 0. The van der Waals surface area contributed by atoms with E-state index in [0.717, 1.165) is 12.1 Å². The van der Waals surface area contributed by atoms with E-state index >= 15 is 0 Å². The van der Waals surface area contributed by atoms with Gasteiger partial charge in [-0.3, -0.25) is 4.21 Å². The molecule has 0 saturated carbocycles. The van der Waals surface area contributed by atoms with Crippen LogP contribution in [-0.2, 0) is 11.1 Å². The van der Waals surface area contributed by atoms with Gasteiger partial charge in [0, 0.05) is 4.47 Å². The van der Waals surface area contributed by atoms with Crippen molar-refractivity contribution in [2.24, 2.45) is 0 Å². The minimum atomic E-state index is -2.63. The summed E-state index contributed by atoms with van der Waals surface area (Å²) in [6.45, 7) is 0. The first-order valence-corrected chi connectivity index (χ1v) is 4.91. The predicted octanol–water partition coefficient (Wildman–Crippen LogP) is -1.30. The first kappa shape index (κ1) is 14.2. The summed E-state index contributed by atoms with van der Waals surface area (Å²) in [6, 6.07) is 3.64. The van der Waals surface area contributed by atoms with Crippen molar-refractivity contribution in [2.45, 2.75) is 4.90 Å². The fraction of sp³-hybridized carbons (Fsp3) is 0. The third kappa shape index (κ3) is 3.12. The number of benzene rings is 1. The van der Waals surface area contributed by atoms with E-state index in [4.69, 9.17) is 5.26 Å². The number of hydrogen-bond acceptors (Lipinski definition) is 3. The van der Waals surface area contributed by atoms with Crippen molar-refractivity contribution in [3.63, 3.8) is 0 Å². The smallest absolute Gasteiger partial charge is 0.768 e. The minimum absolute atomic E-state index is 0. The van der Waals surface area contributed by atoms with E-state index in [1.807, 2.05) is 0 Å². The van der Waals surface area contributed by atoms with Crippen LogP contribution in [0, 0.1) is 17.1 Å². The molecule has 1 aromatic rings. The van der Waals surface area contributed by atoms with Crippen molar-refractivity contribution in [3.8, 4) is 6.07 Å². The van der Waals surface area contributed by atoms with Crippen molar-refractivity contribution >= 4 is 27.0 Å². The van der Waals surface area contributed by atoms with Crippen LogP contribution in [0.5, 0.6) is 0 Å². The van der Waals surface area contributed by atoms with Crippen LogP contribution in [0.2, 0.25) is 0 Å². The Morgan fingerprint density at radius 1 is 1.57 bits per heavy atom. The van der Waals surface area contributed by atoms with Gasteiger partial charge in [-0.15, -0.1) is 0 Å². The van der Waals surface area contributed by atoms with Gasteiger partial charge in [0.15, 0.2) is 0 Å². The van der Waals surface area contributed by atoms with Gasteiger partial charge in [-0.25, -0.2) is 4.39 Å². The molecule has 1 unspecified atom stereocenters. The molecular weight excluding hydrogens is 284 g/mol. The normalized spacial score (nSPS) is 11.3. The Hall–Kier alpha value is 0.230. The van der Waals surface area contributed by atoms with Crippen LogP contribution in [0.1, 0.15) is 5.56 Å². The third-order valence-corrected chi connectivity index (χ3v) is 2.65. The summed E-state index contributed by atoms with van der Waals surface area (Å²) < 4.78 is 34.0. The maximum Gasteiger partial charge on any atom is 1.00 e. The van der Waals surface area contributed by atoms with Crippen LogP contribution in [-0.4, -0.2) is 8.76 Å². The van der Waals surface area contributed by atoms with E-state index in [9.17, 15) is 13.2 Å². The molecule has 0 bridgehead atoms. The number of halogens is 2. The second-order valence-corrected chi connectivity index (χ2v) is 3.87. The Balaban J connectivity index is 0.00000169. The van der Waals surface area contributed by atoms with Gasteiger partial charge in [0.2, 0.25) is 0 Å². The molecule has 0 radical (unpaired) electrons. The zero-order valence-corrected chi connectivity index (χ0v) is 11.5. The van der Waals surface area contributed by atoms with E-state index < -0.39 is 21.8 Å². The average molecular weight is 286 g/mol. The fourth-order valence-corrected chi connectivity index (χ4v) is 1.76. The predicted molar refractivity (Wildman–Crippen MR) is 46.0 cm³/mol. The van der Waals surface area contributed by atoms with E-state index in [1.165, 1.54) is 0 Å². The van der Waals surface area contributed by atoms with Gasteiger partial charge < -0.3 is 4.55 Å². The summed E-state index contributed by atoms with van der Waals surface area (Å²) in [4.78, 5) is -0.453. The van der Waals surface area contributed by atoms with Gasteiger partial charge in [-0.2, -0.15) is 5.26 Å². The molecule has 0 aromatic heterocycles. The Labute approximate surface area is 113 Å². The van der Waals surface area contributed by atoms with Crippen LogP contribution in [0.4, 0.5) is 4.39 Å². The topological polar surface area (TPSA) is 63.9 Å². The van der Waals surface area contributed by atoms with Gasteiger partial charge in [-0.1, -0.05) is 0 Å². The van der Waals surface area contributed by atoms with Crippen LogP contribution >= 0.6 is 15.9 Å². The molecule has 14 heavy (non-hydrogen) atoms.